The number of anilines is 3. The Morgan fingerprint density at radius 1 is 1.28 bits per heavy atom. The van der Waals surface area contributed by atoms with E-state index in [1.54, 1.807) is 13.3 Å². The molecule has 4 aromatic rings. The third-order valence-electron chi connectivity index (χ3n) is 7.32. The highest BCUT2D eigenvalue weighted by Crippen LogP contribution is 2.38. The Kier molecular flexibility index (Phi) is 7.50. The monoisotopic (exact) mass is 522 g/mol. The molecule has 0 bridgehead atoms. The van der Waals surface area contributed by atoms with Crippen LogP contribution in [-0.2, 0) is 7.05 Å². The van der Waals surface area contributed by atoms with Gasteiger partial charge in [-0.1, -0.05) is 30.4 Å². The predicted molar refractivity (Wildman–Crippen MR) is 157 cm³/mol. The quantitative estimate of drug-likeness (QED) is 0.351. The SMILES string of the molecule is COc1cc(N2CC[C@@H](N(C)C)C2)c(C=CCN)cc1Nc1ncc(C#N)c(-c2cn(C)c3ccccc23)n1. The molecular formula is C30H34N8O. The lowest BCUT2D eigenvalue weighted by atomic mass is 10.1. The van der Waals surface area contributed by atoms with Crippen molar-refractivity contribution in [2.75, 3.05) is 51.1 Å². The molecule has 0 saturated carbocycles. The average Bonchev–Trinajstić information content (AvgIpc) is 3.57. The molecule has 1 aliphatic heterocycles. The number of hydrogen-bond acceptors (Lipinski definition) is 8. The van der Waals surface area contributed by atoms with Crippen molar-refractivity contribution in [1.82, 2.24) is 19.4 Å². The molecule has 9 nitrogen and oxygen atoms in total. The van der Waals surface area contributed by atoms with E-state index in [9.17, 15) is 5.26 Å². The maximum Gasteiger partial charge on any atom is 0.227 e. The van der Waals surface area contributed by atoms with Crippen molar-refractivity contribution in [3.63, 3.8) is 0 Å². The highest BCUT2D eigenvalue weighted by molar-refractivity contribution is 5.96. The van der Waals surface area contributed by atoms with E-state index >= 15 is 0 Å². The van der Waals surface area contributed by atoms with E-state index in [-0.39, 0.29) is 0 Å². The molecule has 1 aliphatic rings. The van der Waals surface area contributed by atoms with Gasteiger partial charge in [0.1, 0.15) is 11.8 Å². The zero-order valence-corrected chi connectivity index (χ0v) is 22.8. The summed E-state index contributed by atoms with van der Waals surface area (Å²) in [4.78, 5) is 13.9. The topological polar surface area (TPSA) is 108 Å². The van der Waals surface area contributed by atoms with Crippen molar-refractivity contribution in [2.45, 2.75) is 12.5 Å². The molecule has 1 fully saturated rings. The molecule has 1 atom stereocenters. The number of nitrogens with one attached hydrogen (secondary N) is 1. The molecule has 0 spiro atoms. The molecule has 2 aromatic carbocycles. The maximum atomic E-state index is 9.82. The Hall–Kier alpha value is -4.39. The van der Waals surface area contributed by atoms with Gasteiger partial charge in [-0.25, -0.2) is 9.97 Å². The van der Waals surface area contributed by atoms with Gasteiger partial charge >= 0.3 is 0 Å². The first-order chi connectivity index (χ1) is 18.9. The fourth-order valence-electron chi connectivity index (χ4n) is 5.22. The fraction of sp³-hybridized carbons (Fsp3) is 0.300. The lowest BCUT2D eigenvalue weighted by molar-refractivity contribution is 0.315. The summed E-state index contributed by atoms with van der Waals surface area (Å²) < 4.78 is 7.85. The number of nitrogens with two attached hydrogens (primary N) is 1. The van der Waals surface area contributed by atoms with Gasteiger partial charge in [0.15, 0.2) is 0 Å². The summed E-state index contributed by atoms with van der Waals surface area (Å²) in [5, 5.41) is 14.2. The molecule has 5 rings (SSSR count). The highest BCUT2D eigenvalue weighted by Gasteiger charge is 2.26. The second-order valence-corrected chi connectivity index (χ2v) is 9.97. The third-order valence-corrected chi connectivity index (χ3v) is 7.32. The van der Waals surface area contributed by atoms with Crippen LogP contribution in [0.15, 0.2) is 54.9 Å². The van der Waals surface area contributed by atoms with Gasteiger partial charge in [-0.15, -0.1) is 0 Å². The number of benzene rings is 2. The van der Waals surface area contributed by atoms with Crippen molar-refractivity contribution in [3.05, 3.63) is 66.0 Å². The van der Waals surface area contributed by atoms with Crippen LogP contribution >= 0.6 is 0 Å². The summed E-state index contributed by atoms with van der Waals surface area (Å²) in [5.41, 5.74) is 11.6. The largest absolute Gasteiger partial charge is 0.494 e. The van der Waals surface area contributed by atoms with Crippen molar-refractivity contribution in [2.24, 2.45) is 12.8 Å². The Bertz CT molecular complexity index is 1570. The molecule has 3 heterocycles. The molecule has 39 heavy (non-hydrogen) atoms. The molecule has 9 heteroatoms. The Morgan fingerprint density at radius 3 is 2.82 bits per heavy atom. The Balaban J connectivity index is 1.55. The van der Waals surface area contributed by atoms with Crippen LogP contribution in [0.5, 0.6) is 5.75 Å². The van der Waals surface area contributed by atoms with E-state index in [1.807, 2.05) is 54.2 Å². The number of hydrogen-bond donors (Lipinski definition) is 2. The van der Waals surface area contributed by atoms with Gasteiger partial charge in [0.05, 0.1) is 30.3 Å². The maximum absolute atomic E-state index is 9.82. The zero-order valence-electron chi connectivity index (χ0n) is 22.8. The van der Waals surface area contributed by atoms with Gasteiger partial charge < -0.3 is 30.2 Å². The number of para-hydroxylation sites is 1. The summed E-state index contributed by atoms with van der Waals surface area (Å²) in [6.07, 6.45) is 8.66. The number of nitrogens with zero attached hydrogens (tertiary/aromatic N) is 6. The summed E-state index contributed by atoms with van der Waals surface area (Å²) in [5.74, 6) is 1.06. The van der Waals surface area contributed by atoms with E-state index in [4.69, 9.17) is 15.5 Å². The van der Waals surface area contributed by atoms with Gasteiger partial charge in [0, 0.05) is 67.1 Å². The molecule has 3 N–H and O–H groups in total. The standard InChI is InChI=1S/C30H34N8O/c1-36(2)22-11-13-38(18-22)27-15-28(39-4)25(14-20(27)8-7-12-31)34-30-33-17-21(16-32)29(35-30)24-19-37(3)26-10-6-5-9-23(24)26/h5-10,14-15,17,19,22H,11-13,18,31H2,1-4H3,(H,33,34,35)/t22-/m1/s1. The average molecular weight is 523 g/mol. The molecule has 0 amide bonds. The number of aromatic nitrogens is 3. The second-order valence-electron chi connectivity index (χ2n) is 9.97. The van der Waals surface area contributed by atoms with Crippen LogP contribution in [-0.4, -0.2) is 66.3 Å². The Morgan fingerprint density at radius 2 is 2.10 bits per heavy atom. The molecule has 0 radical (unpaired) electrons. The first kappa shape index (κ1) is 26.2. The minimum absolute atomic E-state index is 0.380. The molecule has 0 aliphatic carbocycles. The number of rotatable bonds is 8. The van der Waals surface area contributed by atoms with Crippen molar-refractivity contribution >= 4 is 34.3 Å². The summed E-state index contributed by atoms with van der Waals surface area (Å²) in [6.45, 7) is 2.36. The summed E-state index contributed by atoms with van der Waals surface area (Å²) in [7, 11) is 7.90. The van der Waals surface area contributed by atoms with Crippen LogP contribution in [0.3, 0.4) is 0 Å². The number of likely N-dealkylation sites (N-methyl/N-ethyl adjacent to an activating group) is 1. The van der Waals surface area contributed by atoms with Crippen LogP contribution in [0.4, 0.5) is 17.3 Å². The first-order valence-corrected chi connectivity index (χ1v) is 13.0. The molecule has 200 valence electrons. The summed E-state index contributed by atoms with van der Waals surface area (Å²) >= 11 is 0. The van der Waals surface area contributed by atoms with Crippen molar-refractivity contribution < 1.29 is 4.74 Å². The molecule has 2 aromatic heterocycles. The summed E-state index contributed by atoms with van der Waals surface area (Å²) in [6, 6.07) is 14.9. The van der Waals surface area contributed by atoms with E-state index in [1.165, 1.54) is 0 Å². The number of ether oxygens (including phenoxy) is 1. The number of aryl methyl sites for hydroxylation is 1. The van der Waals surface area contributed by atoms with Crippen LogP contribution < -0.4 is 20.7 Å². The third kappa shape index (κ3) is 5.17. The molecule has 1 saturated heterocycles. The first-order valence-electron chi connectivity index (χ1n) is 13.0. The van der Waals surface area contributed by atoms with Gasteiger partial charge in [0.2, 0.25) is 5.95 Å². The van der Waals surface area contributed by atoms with Gasteiger partial charge in [0.25, 0.3) is 0 Å². The zero-order chi connectivity index (χ0) is 27.5. The predicted octanol–water partition coefficient (Wildman–Crippen LogP) is 4.37. The van der Waals surface area contributed by atoms with E-state index in [0.29, 0.717) is 35.5 Å². The number of nitriles is 1. The normalized spacial score (nSPS) is 15.4. The van der Waals surface area contributed by atoms with Crippen molar-refractivity contribution in [1.29, 1.82) is 5.26 Å². The van der Waals surface area contributed by atoms with Crippen LogP contribution in [0.25, 0.3) is 28.2 Å². The minimum Gasteiger partial charge on any atom is -0.494 e. The van der Waals surface area contributed by atoms with Gasteiger partial charge in [-0.05, 0) is 38.2 Å². The number of methoxy groups -OCH3 is 1. The minimum atomic E-state index is 0.380. The smallest absolute Gasteiger partial charge is 0.227 e. The van der Waals surface area contributed by atoms with Gasteiger partial charge in [-0.2, -0.15) is 5.26 Å². The highest BCUT2D eigenvalue weighted by atomic mass is 16.5. The second kappa shape index (κ2) is 11.2. The van der Waals surface area contributed by atoms with E-state index < -0.39 is 0 Å². The van der Waals surface area contributed by atoms with Gasteiger partial charge in [-0.3, -0.25) is 0 Å². The van der Waals surface area contributed by atoms with Crippen LogP contribution in [0.2, 0.25) is 0 Å². The van der Waals surface area contributed by atoms with Crippen LogP contribution in [0, 0.1) is 11.3 Å². The van der Waals surface area contributed by atoms with Crippen molar-refractivity contribution in [3.8, 4) is 23.1 Å². The molecular weight excluding hydrogens is 488 g/mol. The fourth-order valence-corrected chi connectivity index (χ4v) is 5.22. The van der Waals surface area contributed by atoms with E-state index in [2.05, 4.69) is 52.4 Å². The number of fused-ring (bicyclic) bond motifs is 1. The molecule has 0 unspecified atom stereocenters. The van der Waals surface area contributed by atoms with Crippen LogP contribution in [0.1, 0.15) is 17.5 Å². The lowest BCUT2D eigenvalue weighted by Gasteiger charge is -2.25. The lowest BCUT2D eigenvalue weighted by Crippen LogP contribution is -2.31. The van der Waals surface area contributed by atoms with E-state index in [0.717, 1.165) is 52.9 Å². The Labute approximate surface area is 229 Å².